The first-order chi connectivity index (χ1) is 20.2. The summed E-state index contributed by atoms with van der Waals surface area (Å²) in [7, 11) is 1.69. The molecule has 3 atom stereocenters. The van der Waals surface area contributed by atoms with E-state index in [0.29, 0.717) is 41.2 Å². The van der Waals surface area contributed by atoms with Gasteiger partial charge in [-0.3, -0.25) is 9.00 Å². The molecule has 0 spiro atoms. The number of nitrogens with zero attached hydrogens (tertiary/aromatic N) is 4. The molecule has 2 fully saturated rings. The molecule has 1 aliphatic carbocycles. The normalized spacial score (nSPS) is 24.6. The van der Waals surface area contributed by atoms with E-state index < -0.39 is 33.3 Å². The summed E-state index contributed by atoms with van der Waals surface area (Å²) >= 11 is 6.46. The molecular formula is C29H38ClF2N7O3S. The molecule has 0 amide bonds. The fourth-order valence-corrected chi connectivity index (χ4v) is 6.52. The molecule has 0 radical (unpaired) electrons. The van der Waals surface area contributed by atoms with E-state index >= 15 is 8.78 Å². The van der Waals surface area contributed by atoms with Crippen molar-refractivity contribution in [3.8, 4) is 5.75 Å². The van der Waals surface area contributed by atoms with E-state index in [1.54, 1.807) is 63.1 Å². The van der Waals surface area contributed by atoms with Crippen LogP contribution in [0.3, 0.4) is 0 Å². The summed E-state index contributed by atoms with van der Waals surface area (Å²) in [4.78, 5) is 23.7. The van der Waals surface area contributed by atoms with Gasteiger partial charge in [0.15, 0.2) is 5.82 Å². The Labute approximate surface area is 258 Å². The maximum Gasteiger partial charge on any atom is 0.267 e. The second kappa shape index (κ2) is 11.9. The Morgan fingerprint density at radius 1 is 1.23 bits per heavy atom. The number of alkyl halides is 2. The van der Waals surface area contributed by atoms with Crippen LogP contribution in [0.25, 0.3) is 0 Å². The fourth-order valence-electron chi connectivity index (χ4n) is 5.39. The topological polar surface area (TPSA) is 112 Å². The Morgan fingerprint density at radius 2 is 1.95 bits per heavy atom. The van der Waals surface area contributed by atoms with Crippen LogP contribution in [0, 0.1) is 6.92 Å². The number of hydrazine groups is 1. The minimum atomic E-state index is -2.86. The van der Waals surface area contributed by atoms with Gasteiger partial charge < -0.3 is 25.3 Å². The minimum Gasteiger partial charge on any atom is -0.488 e. The van der Waals surface area contributed by atoms with Crippen molar-refractivity contribution in [2.24, 2.45) is 0 Å². The first kappa shape index (κ1) is 31.6. The number of nitrogens with one attached hydrogen (secondary N) is 3. The van der Waals surface area contributed by atoms with Crippen LogP contribution in [0.4, 0.5) is 26.2 Å². The Kier molecular flexibility index (Phi) is 8.73. The van der Waals surface area contributed by atoms with Crippen LogP contribution in [0.1, 0.15) is 57.1 Å². The Balaban J connectivity index is 1.43. The van der Waals surface area contributed by atoms with Crippen LogP contribution >= 0.6 is 11.6 Å². The SMILES string of the molecule is Cc1cc(Nc2ncc(Cl)c(NC3=CN(C)NC3(C)C(=O)S(=O)C(C)C)n2)c(OC2CC2)cc1C1CCN(C)CC1(F)F. The van der Waals surface area contributed by atoms with E-state index in [1.807, 2.05) is 6.92 Å². The van der Waals surface area contributed by atoms with Crippen molar-refractivity contribution in [2.75, 3.05) is 37.8 Å². The highest BCUT2D eigenvalue weighted by molar-refractivity contribution is 8.01. The molecule has 3 aliphatic rings. The van der Waals surface area contributed by atoms with Crippen molar-refractivity contribution in [3.05, 3.63) is 46.4 Å². The number of halogens is 3. The van der Waals surface area contributed by atoms with E-state index in [0.717, 1.165) is 12.8 Å². The monoisotopic (exact) mass is 637 g/mol. The van der Waals surface area contributed by atoms with Gasteiger partial charge in [0.25, 0.3) is 5.92 Å². The molecule has 234 valence electrons. The van der Waals surface area contributed by atoms with Crippen LogP contribution in [-0.4, -0.2) is 79.2 Å². The molecule has 1 aromatic carbocycles. The van der Waals surface area contributed by atoms with E-state index in [9.17, 15) is 9.00 Å². The lowest BCUT2D eigenvalue weighted by molar-refractivity contribution is -0.116. The average Bonchev–Trinajstić information content (AvgIpc) is 3.69. The van der Waals surface area contributed by atoms with E-state index in [-0.39, 0.29) is 34.7 Å². The number of hydrogen-bond donors (Lipinski definition) is 3. The van der Waals surface area contributed by atoms with Gasteiger partial charge in [-0.25, -0.2) is 19.2 Å². The summed E-state index contributed by atoms with van der Waals surface area (Å²) in [6.07, 6.45) is 5.26. The van der Waals surface area contributed by atoms with Crippen LogP contribution in [-0.2, 0) is 15.6 Å². The largest absolute Gasteiger partial charge is 0.488 e. The molecule has 3 unspecified atom stereocenters. The van der Waals surface area contributed by atoms with Crippen molar-refractivity contribution >= 4 is 45.0 Å². The Bertz CT molecular complexity index is 1470. The zero-order chi connectivity index (χ0) is 31.3. The molecule has 2 aromatic rings. The predicted octanol–water partition coefficient (Wildman–Crippen LogP) is 4.92. The van der Waals surface area contributed by atoms with E-state index in [2.05, 4.69) is 26.0 Å². The van der Waals surface area contributed by atoms with Crippen LogP contribution in [0.5, 0.6) is 5.75 Å². The van der Waals surface area contributed by atoms with Gasteiger partial charge in [-0.15, -0.1) is 0 Å². The molecule has 14 heteroatoms. The first-order valence-electron chi connectivity index (χ1n) is 14.3. The fraction of sp³-hybridized carbons (Fsp3) is 0.552. The second-order valence-corrected chi connectivity index (χ2v) is 14.3. The lowest BCUT2D eigenvalue weighted by Gasteiger charge is -2.37. The second-order valence-electron chi connectivity index (χ2n) is 12.0. The zero-order valence-electron chi connectivity index (χ0n) is 25.1. The lowest BCUT2D eigenvalue weighted by atomic mass is 9.83. The molecule has 0 bridgehead atoms. The van der Waals surface area contributed by atoms with Crippen molar-refractivity contribution in [2.45, 2.75) is 75.7 Å². The maximum atomic E-state index is 15.1. The standard InChI is InChI=1S/C29H38ClF2N7O3S/c1-16(2)43(41)26(40)28(4)24(14-39(6)37-28)35-25-21(30)13-33-27(36-25)34-22-11-17(3)19(12-23(22)42-18-7-8-18)20-9-10-38(5)15-29(20,31)32/h11-14,16,18,20,37H,7-10,15H2,1-6H3,(H2,33,34,35,36). The van der Waals surface area contributed by atoms with Crippen LogP contribution in [0.15, 0.2) is 30.2 Å². The lowest BCUT2D eigenvalue weighted by Crippen LogP contribution is -2.54. The molecule has 1 saturated heterocycles. The molecule has 10 nitrogen and oxygen atoms in total. The number of carbonyl (C=O) groups is 1. The van der Waals surface area contributed by atoms with Gasteiger partial charge >= 0.3 is 0 Å². The number of ether oxygens (including phenoxy) is 1. The van der Waals surface area contributed by atoms with Crippen molar-refractivity contribution in [3.63, 3.8) is 0 Å². The highest BCUT2D eigenvalue weighted by Gasteiger charge is 2.47. The van der Waals surface area contributed by atoms with Gasteiger partial charge in [0.05, 0.1) is 46.9 Å². The molecule has 43 heavy (non-hydrogen) atoms. The number of anilines is 3. The van der Waals surface area contributed by atoms with E-state index in [4.69, 9.17) is 16.3 Å². The Morgan fingerprint density at radius 3 is 2.60 bits per heavy atom. The van der Waals surface area contributed by atoms with Crippen molar-refractivity contribution in [1.29, 1.82) is 0 Å². The summed E-state index contributed by atoms with van der Waals surface area (Å²) in [5.74, 6) is -2.90. The predicted molar refractivity (Wildman–Crippen MR) is 164 cm³/mol. The number of likely N-dealkylation sites (tertiary alicyclic amines) is 1. The number of carbonyl (C=O) groups excluding carboxylic acids is 1. The quantitative estimate of drug-likeness (QED) is 0.350. The number of aromatic nitrogens is 2. The number of aryl methyl sites for hydroxylation is 1. The van der Waals surface area contributed by atoms with Gasteiger partial charge in [-0.05, 0) is 70.0 Å². The first-order valence-corrected chi connectivity index (χ1v) is 15.9. The molecule has 1 saturated carbocycles. The highest BCUT2D eigenvalue weighted by atomic mass is 35.5. The highest BCUT2D eigenvalue weighted by Crippen LogP contribution is 2.45. The average molecular weight is 638 g/mol. The third kappa shape index (κ3) is 6.64. The number of benzene rings is 1. The number of rotatable bonds is 9. The molecular weight excluding hydrogens is 600 g/mol. The third-order valence-corrected chi connectivity index (χ3v) is 9.78. The van der Waals surface area contributed by atoms with Crippen molar-refractivity contribution < 1.29 is 22.5 Å². The van der Waals surface area contributed by atoms with Gasteiger partial charge in [0, 0.05) is 18.5 Å². The van der Waals surface area contributed by atoms with Gasteiger partial charge in [-0.1, -0.05) is 25.4 Å². The van der Waals surface area contributed by atoms with Gasteiger partial charge in [0.1, 0.15) is 16.3 Å². The van der Waals surface area contributed by atoms with Gasteiger partial charge in [-0.2, -0.15) is 4.98 Å². The Hall–Kier alpha value is -2.87. The van der Waals surface area contributed by atoms with Gasteiger partial charge in [0.2, 0.25) is 11.1 Å². The summed E-state index contributed by atoms with van der Waals surface area (Å²) in [5.41, 5.74) is 3.99. The third-order valence-electron chi connectivity index (χ3n) is 7.88. The number of piperidine rings is 1. The zero-order valence-corrected chi connectivity index (χ0v) is 26.7. The maximum absolute atomic E-state index is 15.1. The van der Waals surface area contributed by atoms with E-state index in [1.165, 1.54) is 6.20 Å². The van der Waals surface area contributed by atoms with Crippen LogP contribution < -0.4 is 20.8 Å². The summed E-state index contributed by atoms with van der Waals surface area (Å²) in [6, 6.07) is 3.52. The smallest absolute Gasteiger partial charge is 0.267 e. The molecule has 3 heterocycles. The van der Waals surface area contributed by atoms with Crippen LogP contribution in [0.2, 0.25) is 5.02 Å². The molecule has 3 N–H and O–H groups in total. The minimum absolute atomic E-state index is 0.0304. The summed E-state index contributed by atoms with van der Waals surface area (Å²) in [6.45, 7) is 7.21. The summed E-state index contributed by atoms with van der Waals surface area (Å²) in [5, 5.41) is 7.27. The molecule has 1 aromatic heterocycles. The summed E-state index contributed by atoms with van der Waals surface area (Å²) < 4.78 is 49.1. The number of hydrogen-bond acceptors (Lipinski definition) is 10. The molecule has 2 aliphatic heterocycles. The van der Waals surface area contributed by atoms with Crippen molar-refractivity contribution in [1.82, 2.24) is 25.3 Å². The molecule has 5 rings (SSSR count).